The second-order valence-electron chi connectivity index (χ2n) is 3.24. The Bertz CT molecular complexity index is 573. The van der Waals surface area contributed by atoms with Gasteiger partial charge >= 0.3 is 0 Å². The zero-order valence-corrected chi connectivity index (χ0v) is 9.96. The molecule has 0 saturated heterocycles. The van der Waals surface area contributed by atoms with Gasteiger partial charge in [0.05, 0.1) is 15.7 Å². The summed E-state index contributed by atoms with van der Waals surface area (Å²) < 4.78 is 1.39. The van der Waals surface area contributed by atoms with Crippen molar-refractivity contribution in [2.45, 2.75) is 6.92 Å². The van der Waals surface area contributed by atoms with Gasteiger partial charge in [0.15, 0.2) is 0 Å². The SMILES string of the molecule is Cc1nccc(=O)n1-c1c(Cl)cccc1Cl. The molecule has 0 saturated carbocycles. The molecule has 1 aromatic carbocycles. The normalized spacial score (nSPS) is 10.4. The Morgan fingerprint density at radius 2 is 1.81 bits per heavy atom. The fourth-order valence-electron chi connectivity index (χ4n) is 1.48. The van der Waals surface area contributed by atoms with Gasteiger partial charge in [-0.2, -0.15) is 0 Å². The van der Waals surface area contributed by atoms with Gasteiger partial charge in [0.25, 0.3) is 5.56 Å². The molecule has 0 fully saturated rings. The number of para-hydroxylation sites is 1. The molecule has 82 valence electrons. The Labute approximate surface area is 102 Å². The molecule has 0 aliphatic heterocycles. The number of aryl methyl sites for hydroxylation is 1. The first kappa shape index (κ1) is 11.2. The Morgan fingerprint density at radius 1 is 1.19 bits per heavy atom. The summed E-state index contributed by atoms with van der Waals surface area (Å²) in [7, 11) is 0. The number of benzene rings is 1. The van der Waals surface area contributed by atoms with E-state index < -0.39 is 0 Å². The number of hydrogen-bond acceptors (Lipinski definition) is 2. The standard InChI is InChI=1S/C11H8Cl2N2O/c1-7-14-6-5-10(16)15(7)11-8(12)3-2-4-9(11)13/h2-6H,1H3. The van der Waals surface area contributed by atoms with Crippen molar-refractivity contribution in [3.8, 4) is 5.69 Å². The first-order valence-corrected chi connectivity index (χ1v) is 5.36. The molecule has 0 bridgehead atoms. The van der Waals surface area contributed by atoms with Gasteiger partial charge in [-0.05, 0) is 19.1 Å². The maximum atomic E-state index is 11.8. The van der Waals surface area contributed by atoms with Crippen LogP contribution in [0.2, 0.25) is 10.0 Å². The van der Waals surface area contributed by atoms with Crippen molar-refractivity contribution in [2.75, 3.05) is 0 Å². The van der Waals surface area contributed by atoms with E-state index in [0.717, 1.165) is 0 Å². The number of aromatic nitrogens is 2. The van der Waals surface area contributed by atoms with Gasteiger partial charge in [-0.1, -0.05) is 29.3 Å². The lowest BCUT2D eigenvalue weighted by molar-refractivity contribution is 0.871. The van der Waals surface area contributed by atoms with Crippen molar-refractivity contribution in [3.63, 3.8) is 0 Å². The highest BCUT2D eigenvalue weighted by Crippen LogP contribution is 2.27. The van der Waals surface area contributed by atoms with Crippen LogP contribution in [0.4, 0.5) is 0 Å². The van der Waals surface area contributed by atoms with Crippen molar-refractivity contribution >= 4 is 23.2 Å². The van der Waals surface area contributed by atoms with Gasteiger partial charge in [0.1, 0.15) is 5.82 Å². The third-order valence-electron chi connectivity index (χ3n) is 2.18. The maximum absolute atomic E-state index is 11.8. The van der Waals surface area contributed by atoms with E-state index in [1.807, 2.05) is 0 Å². The maximum Gasteiger partial charge on any atom is 0.258 e. The Hall–Kier alpha value is -1.32. The third kappa shape index (κ3) is 1.84. The molecule has 0 N–H and O–H groups in total. The van der Waals surface area contributed by atoms with E-state index in [1.165, 1.54) is 16.8 Å². The van der Waals surface area contributed by atoms with E-state index in [1.54, 1.807) is 25.1 Å². The Balaban J connectivity index is 2.83. The zero-order valence-electron chi connectivity index (χ0n) is 8.45. The molecule has 0 unspecified atom stereocenters. The third-order valence-corrected chi connectivity index (χ3v) is 2.79. The van der Waals surface area contributed by atoms with Crippen LogP contribution in [-0.4, -0.2) is 9.55 Å². The van der Waals surface area contributed by atoms with Gasteiger partial charge in [-0.25, -0.2) is 4.98 Å². The second-order valence-corrected chi connectivity index (χ2v) is 4.05. The first-order valence-electron chi connectivity index (χ1n) is 4.60. The van der Waals surface area contributed by atoms with Crippen molar-refractivity contribution in [3.05, 3.63) is 56.7 Å². The quantitative estimate of drug-likeness (QED) is 0.785. The predicted molar refractivity (Wildman–Crippen MR) is 64.6 cm³/mol. The fraction of sp³-hybridized carbons (Fsp3) is 0.0909. The van der Waals surface area contributed by atoms with Crippen molar-refractivity contribution < 1.29 is 0 Å². The van der Waals surface area contributed by atoms with Crippen LogP contribution in [-0.2, 0) is 0 Å². The summed E-state index contributed by atoms with van der Waals surface area (Å²) in [5, 5.41) is 0.844. The summed E-state index contributed by atoms with van der Waals surface area (Å²) in [4.78, 5) is 15.8. The van der Waals surface area contributed by atoms with E-state index >= 15 is 0 Å². The molecular weight excluding hydrogens is 247 g/mol. The Morgan fingerprint density at radius 3 is 2.38 bits per heavy atom. The molecular formula is C11H8Cl2N2O. The summed E-state index contributed by atoms with van der Waals surface area (Å²) in [6.45, 7) is 1.72. The minimum Gasteiger partial charge on any atom is -0.269 e. The highest BCUT2D eigenvalue weighted by Gasteiger charge is 2.11. The van der Waals surface area contributed by atoms with Crippen molar-refractivity contribution in [1.29, 1.82) is 0 Å². The number of halogens is 2. The van der Waals surface area contributed by atoms with Gasteiger partial charge in [0.2, 0.25) is 0 Å². The highest BCUT2D eigenvalue weighted by atomic mass is 35.5. The molecule has 0 amide bonds. The van der Waals surface area contributed by atoms with E-state index in [2.05, 4.69) is 4.98 Å². The summed E-state index contributed by atoms with van der Waals surface area (Å²) in [6, 6.07) is 6.46. The van der Waals surface area contributed by atoms with Crippen LogP contribution in [0.3, 0.4) is 0 Å². The summed E-state index contributed by atoms with van der Waals surface area (Å²) in [5.41, 5.74) is 0.268. The molecule has 0 spiro atoms. The van der Waals surface area contributed by atoms with Crippen LogP contribution in [0, 0.1) is 6.92 Å². The second kappa shape index (κ2) is 4.28. The van der Waals surface area contributed by atoms with Crippen molar-refractivity contribution in [2.24, 2.45) is 0 Å². The van der Waals surface area contributed by atoms with Crippen LogP contribution in [0.15, 0.2) is 35.3 Å². The largest absolute Gasteiger partial charge is 0.269 e. The van der Waals surface area contributed by atoms with Crippen LogP contribution < -0.4 is 5.56 Å². The molecule has 0 radical (unpaired) electrons. The number of hydrogen-bond donors (Lipinski definition) is 0. The van der Waals surface area contributed by atoms with E-state index in [-0.39, 0.29) is 5.56 Å². The smallest absolute Gasteiger partial charge is 0.258 e. The van der Waals surface area contributed by atoms with Crippen molar-refractivity contribution in [1.82, 2.24) is 9.55 Å². The lowest BCUT2D eigenvalue weighted by Crippen LogP contribution is -2.21. The lowest BCUT2D eigenvalue weighted by atomic mass is 10.3. The summed E-state index contributed by atoms with van der Waals surface area (Å²) in [5.74, 6) is 0.544. The molecule has 1 heterocycles. The van der Waals surface area contributed by atoms with Gasteiger partial charge in [-0.15, -0.1) is 0 Å². The molecule has 2 aromatic rings. The van der Waals surface area contributed by atoms with Gasteiger partial charge < -0.3 is 0 Å². The minimum atomic E-state index is -0.206. The topological polar surface area (TPSA) is 34.9 Å². The molecule has 5 heteroatoms. The summed E-state index contributed by atoms with van der Waals surface area (Å²) >= 11 is 12.1. The van der Waals surface area contributed by atoms with Crippen LogP contribution >= 0.6 is 23.2 Å². The van der Waals surface area contributed by atoms with Gasteiger partial charge in [-0.3, -0.25) is 9.36 Å². The monoisotopic (exact) mass is 254 g/mol. The summed E-state index contributed by atoms with van der Waals surface area (Å²) in [6.07, 6.45) is 1.46. The zero-order chi connectivity index (χ0) is 11.7. The van der Waals surface area contributed by atoms with Crippen LogP contribution in [0.1, 0.15) is 5.82 Å². The van der Waals surface area contributed by atoms with E-state index in [9.17, 15) is 4.79 Å². The lowest BCUT2D eigenvalue weighted by Gasteiger charge is -2.11. The van der Waals surface area contributed by atoms with Gasteiger partial charge in [0, 0.05) is 12.3 Å². The predicted octanol–water partition coefficient (Wildman–Crippen LogP) is 2.85. The molecule has 0 aliphatic rings. The average molecular weight is 255 g/mol. The molecule has 2 rings (SSSR count). The molecule has 1 aromatic heterocycles. The number of rotatable bonds is 1. The highest BCUT2D eigenvalue weighted by molar-refractivity contribution is 6.37. The van der Waals surface area contributed by atoms with E-state index in [4.69, 9.17) is 23.2 Å². The van der Waals surface area contributed by atoms with Crippen LogP contribution in [0.25, 0.3) is 5.69 Å². The number of nitrogens with zero attached hydrogens (tertiary/aromatic N) is 2. The van der Waals surface area contributed by atoms with E-state index in [0.29, 0.717) is 21.6 Å². The minimum absolute atomic E-state index is 0.206. The molecule has 0 aliphatic carbocycles. The molecule has 3 nitrogen and oxygen atoms in total. The fourth-order valence-corrected chi connectivity index (χ4v) is 2.04. The Kier molecular flexibility index (Phi) is 2.99. The average Bonchev–Trinajstić information content (AvgIpc) is 2.21. The molecule has 16 heavy (non-hydrogen) atoms. The van der Waals surface area contributed by atoms with Crippen LogP contribution in [0.5, 0.6) is 0 Å². The first-order chi connectivity index (χ1) is 7.61. The molecule has 0 atom stereocenters.